The van der Waals surface area contributed by atoms with Crippen LogP contribution in [0, 0.1) is 0 Å². The summed E-state index contributed by atoms with van der Waals surface area (Å²) in [4.78, 5) is 34.9. The molecular formula is C15H16N4O2S. The standard InChI is InChI=1S/C15H16N4O2S/c20-14(12-10-16-5-6-17-12)18-11-4-9-22-13(11)15(21)19-7-2-1-3-8-19/h4-6,9-10H,1-3,7-8H2,(H,18,20). The summed E-state index contributed by atoms with van der Waals surface area (Å²) >= 11 is 1.35. The third-order valence-electron chi connectivity index (χ3n) is 3.55. The molecule has 0 unspecified atom stereocenters. The van der Waals surface area contributed by atoms with Gasteiger partial charge in [-0.1, -0.05) is 0 Å². The highest BCUT2D eigenvalue weighted by Gasteiger charge is 2.23. The molecule has 3 rings (SSSR count). The van der Waals surface area contributed by atoms with E-state index in [-0.39, 0.29) is 17.5 Å². The van der Waals surface area contributed by atoms with Crippen LogP contribution in [0.1, 0.15) is 39.4 Å². The molecule has 22 heavy (non-hydrogen) atoms. The summed E-state index contributed by atoms with van der Waals surface area (Å²) < 4.78 is 0. The lowest BCUT2D eigenvalue weighted by molar-refractivity contribution is 0.0730. The molecule has 2 aromatic rings. The Morgan fingerprint density at radius 2 is 2.00 bits per heavy atom. The molecule has 0 spiro atoms. The third kappa shape index (κ3) is 3.14. The SMILES string of the molecule is O=C(Nc1ccsc1C(=O)N1CCCCC1)c1cnccn1. The van der Waals surface area contributed by atoms with Crippen LogP contribution >= 0.6 is 11.3 Å². The first kappa shape index (κ1) is 14.6. The minimum Gasteiger partial charge on any atom is -0.338 e. The van der Waals surface area contributed by atoms with Crippen molar-refractivity contribution in [3.05, 3.63) is 40.6 Å². The Kier molecular flexibility index (Phi) is 4.43. The van der Waals surface area contributed by atoms with E-state index >= 15 is 0 Å². The lowest BCUT2D eigenvalue weighted by Gasteiger charge is -2.26. The van der Waals surface area contributed by atoms with Gasteiger partial charge in [0.15, 0.2) is 0 Å². The molecule has 1 aliphatic heterocycles. The lowest BCUT2D eigenvalue weighted by Crippen LogP contribution is -2.35. The van der Waals surface area contributed by atoms with Gasteiger partial charge in [-0.25, -0.2) is 4.98 Å². The van der Waals surface area contributed by atoms with E-state index in [2.05, 4.69) is 15.3 Å². The van der Waals surface area contributed by atoms with Crippen LogP contribution in [-0.2, 0) is 0 Å². The van der Waals surface area contributed by atoms with Crippen molar-refractivity contribution in [1.29, 1.82) is 0 Å². The van der Waals surface area contributed by atoms with E-state index < -0.39 is 0 Å². The zero-order valence-electron chi connectivity index (χ0n) is 12.0. The highest BCUT2D eigenvalue weighted by molar-refractivity contribution is 7.12. The molecule has 3 heterocycles. The Hall–Kier alpha value is -2.28. The van der Waals surface area contributed by atoms with Crippen LogP contribution in [0.15, 0.2) is 30.0 Å². The third-order valence-corrected chi connectivity index (χ3v) is 4.45. The number of hydrogen-bond donors (Lipinski definition) is 1. The number of amides is 2. The number of nitrogens with zero attached hydrogens (tertiary/aromatic N) is 3. The van der Waals surface area contributed by atoms with Crippen LogP contribution in [0.25, 0.3) is 0 Å². The van der Waals surface area contributed by atoms with Crippen molar-refractivity contribution < 1.29 is 9.59 Å². The first-order chi connectivity index (χ1) is 10.8. The summed E-state index contributed by atoms with van der Waals surface area (Å²) in [6.45, 7) is 1.57. The molecule has 7 heteroatoms. The number of piperidine rings is 1. The smallest absolute Gasteiger partial charge is 0.275 e. The van der Waals surface area contributed by atoms with Crippen molar-refractivity contribution >= 4 is 28.8 Å². The molecule has 0 aromatic carbocycles. The van der Waals surface area contributed by atoms with Crippen molar-refractivity contribution in [2.24, 2.45) is 0 Å². The normalized spacial score (nSPS) is 14.6. The number of carbonyl (C=O) groups is 2. The van der Waals surface area contributed by atoms with Crippen molar-refractivity contribution in [3.63, 3.8) is 0 Å². The second-order valence-corrected chi connectivity index (χ2v) is 5.98. The Labute approximate surface area is 132 Å². The second-order valence-electron chi connectivity index (χ2n) is 5.06. The Morgan fingerprint density at radius 3 is 2.73 bits per heavy atom. The monoisotopic (exact) mass is 316 g/mol. The topological polar surface area (TPSA) is 75.2 Å². The fraction of sp³-hybridized carbons (Fsp3) is 0.333. The van der Waals surface area contributed by atoms with Gasteiger partial charge in [-0.2, -0.15) is 0 Å². The maximum Gasteiger partial charge on any atom is 0.275 e. The first-order valence-corrected chi connectivity index (χ1v) is 8.08. The van der Waals surface area contributed by atoms with Gasteiger partial charge < -0.3 is 10.2 Å². The summed E-state index contributed by atoms with van der Waals surface area (Å²) in [5, 5.41) is 4.56. The molecule has 1 aliphatic rings. The van der Waals surface area contributed by atoms with Gasteiger partial charge in [-0.15, -0.1) is 11.3 Å². The van der Waals surface area contributed by atoms with Gasteiger partial charge in [-0.05, 0) is 30.7 Å². The molecule has 2 amide bonds. The maximum absolute atomic E-state index is 12.6. The molecule has 0 aliphatic carbocycles. The van der Waals surface area contributed by atoms with Crippen LogP contribution in [0.4, 0.5) is 5.69 Å². The molecule has 1 fully saturated rings. The molecule has 2 aromatic heterocycles. The van der Waals surface area contributed by atoms with Gasteiger partial charge >= 0.3 is 0 Å². The zero-order chi connectivity index (χ0) is 15.4. The van der Waals surface area contributed by atoms with Gasteiger partial charge in [0.1, 0.15) is 10.6 Å². The van der Waals surface area contributed by atoms with Crippen molar-refractivity contribution in [3.8, 4) is 0 Å². The van der Waals surface area contributed by atoms with Crippen molar-refractivity contribution in [2.75, 3.05) is 18.4 Å². The van der Waals surface area contributed by atoms with Crippen molar-refractivity contribution in [1.82, 2.24) is 14.9 Å². The largest absolute Gasteiger partial charge is 0.338 e. The summed E-state index contributed by atoms with van der Waals surface area (Å²) in [6, 6.07) is 1.75. The van der Waals surface area contributed by atoms with Crippen LogP contribution in [-0.4, -0.2) is 39.8 Å². The summed E-state index contributed by atoms with van der Waals surface area (Å²) in [6.07, 6.45) is 7.62. The predicted molar refractivity (Wildman–Crippen MR) is 84.1 cm³/mol. The molecule has 0 saturated carbocycles. The van der Waals surface area contributed by atoms with Crippen molar-refractivity contribution in [2.45, 2.75) is 19.3 Å². The Morgan fingerprint density at radius 1 is 1.18 bits per heavy atom. The number of hydrogen-bond acceptors (Lipinski definition) is 5. The van der Waals surface area contributed by atoms with Gasteiger partial charge in [0.25, 0.3) is 11.8 Å². The number of nitrogens with one attached hydrogen (secondary N) is 1. The maximum atomic E-state index is 12.6. The van der Waals surface area contributed by atoms with Gasteiger partial charge in [0.05, 0.1) is 11.9 Å². The van der Waals surface area contributed by atoms with Crippen LogP contribution in [0.5, 0.6) is 0 Å². The number of anilines is 1. The molecular weight excluding hydrogens is 300 g/mol. The summed E-state index contributed by atoms with van der Waals surface area (Å²) in [5.74, 6) is -0.372. The molecule has 6 nitrogen and oxygen atoms in total. The molecule has 114 valence electrons. The fourth-order valence-electron chi connectivity index (χ4n) is 2.42. The van der Waals surface area contributed by atoms with E-state index in [1.807, 2.05) is 10.3 Å². The molecule has 1 N–H and O–H groups in total. The predicted octanol–water partition coefficient (Wildman–Crippen LogP) is 2.42. The zero-order valence-corrected chi connectivity index (χ0v) is 12.8. The van der Waals surface area contributed by atoms with E-state index in [1.165, 1.54) is 36.3 Å². The van der Waals surface area contributed by atoms with E-state index in [0.29, 0.717) is 10.6 Å². The quantitative estimate of drug-likeness (QED) is 0.943. The number of carbonyl (C=O) groups excluding carboxylic acids is 2. The first-order valence-electron chi connectivity index (χ1n) is 7.20. The van der Waals surface area contributed by atoms with Crippen LogP contribution < -0.4 is 5.32 Å². The molecule has 1 saturated heterocycles. The number of thiophene rings is 1. The summed E-state index contributed by atoms with van der Waals surface area (Å²) in [5.41, 5.74) is 0.765. The van der Waals surface area contributed by atoms with Gasteiger partial charge in [-0.3, -0.25) is 14.6 Å². The molecule has 0 atom stereocenters. The van der Waals surface area contributed by atoms with E-state index in [4.69, 9.17) is 0 Å². The molecule has 0 bridgehead atoms. The number of rotatable bonds is 3. The highest BCUT2D eigenvalue weighted by Crippen LogP contribution is 2.25. The van der Waals surface area contributed by atoms with Gasteiger partial charge in [0.2, 0.25) is 0 Å². The lowest BCUT2D eigenvalue weighted by atomic mass is 10.1. The summed E-state index contributed by atoms with van der Waals surface area (Å²) in [7, 11) is 0. The number of aromatic nitrogens is 2. The van der Waals surface area contributed by atoms with Gasteiger partial charge in [0, 0.05) is 25.5 Å². The average Bonchev–Trinajstić information content (AvgIpc) is 3.04. The Bertz CT molecular complexity index is 665. The average molecular weight is 316 g/mol. The number of likely N-dealkylation sites (tertiary alicyclic amines) is 1. The van der Waals surface area contributed by atoms with Crippen LogP contribution in [0.2, 0.25) is 0 Å². The molecule has 0 radical (unpaired) electrons. The second kappa shape index (κ2) is 6.65. The van der Waals surface area contributed by atoms with Crippen LogP contribution in [0.3, 0.4) is 0 Å². The minimum atomic E-state index is -0.362. The highest BCUT2D eigenvalue weighted by atomic mass is 32.1. The van der Waals surface area contributed by atoms with E-state index in [1.54, 1.807) is 6.07 Å². The van der Waals surface area contributed by atoms with E-state index in [0.717, 1.165) is 25.9 Å². The Balaban J connectivity index is 1.74. The van der Waals surface area contributed by atoms with E-state index in [9.17, 15) is 9.59 Å². The minimum absolute atomic E-state index is 0.0101. The fourth-order valence-corrected chi connectivity index (χ4v) is 3.23.